The number of halogens is 1. The number of furan rings is 1. The largest absolute Gasteiger partial charge is 0.459 e. The smallest absolute Gasteiger partial charge is 0.315 e. The molecule has 0 aliphatic carbocycles. The van der Waals surface area contributed by atoms with Crippen LogP contribution in [0.1, 0.15) is 37.3 Å². The maximum Gasteiger partial charge on any atom is 0.315 e. The van der Waals surface area contributed by atoms with Gasteiger partial charge in [-0.2, -0.15) is 0 Å². The van der Waals surface area contributed by atoms with Gasteiger partial charge < -0.3 is 15.1 Å². The highest BCUT2D eigenvalue weighted by Gasteiger charge is 2.16. The van der Waals surface area contributed by atoms with Crippen molar-refractivity contribution >= 4 is 28.6 Å². The van der Waals surface area contributed by atoms with E-state index >= 15 is 0 Å². The Labute approximate surface area is 145 Å². The second-order valence-corrected chi connectivity index (χ2v) is 6.24. The van der Waals surface area contributed by atoms with E-state index in [2.05, 4.69) is 10.6 Å². The third-order valence-corrected chi connectivity index (χ3v) is 4.19. The molecule has 4 nitrogen and oxygen atoms in total. The highest BCUT2D eigenvalue weighted by Crippen LogP contribution is 2.23. The van der Waals surface area contributed by atoms with Crippen LogP contribution in [0.4, 0.5) is 4.79 Å². The molecule has 124 valence electrons. The number of hydrogen-bond acceptors (Lipinski definition) is 2. The lowest BCUT2D eigenvalue weighted by Crippen LogP contribution is -2.38. The molecule has 2 atom stereocenters. The van der Waals surface area contributed by atoms with Crippen LogP contribution in [0.25, 0.3) is 11.0 Å². The van der Waals surface area contributed by atoms with Crippen LogP contribution >= 0.6 is 11.6 Å². The second kappa shape index (κ2) is 6.97. The van der Waals surface area contributed by atoms with E-state index in [1.165, 1.54) is 0 Å². The molecule has 0 spiro atoms. The minimum Gasteiger partial charge on any atom is -0.459 e. The van der Waals surface area contributed by atoms with E-state index in [4.69, 9.17) is 16.0 Å². The molecule has 3 aromatic rings. The van der Waals surface area contributed by atoms with Crippen LogP contribution in [-0.4, -0.2) is 6.03 Å². The van der Waals surface area contributed by atoms with Crippen LogP contribution in [0, 0.1) is 0 Å². The SMILES string of the molecule is C[C@H](NC(=O)N[C@H](C)c1cc2ccccc2o1)c1ccc(Cl)cc1. The Kier molecular flexibility index (Phi) is 4.76. The Hall–Kier alpha value is -2.46. The summed E-state index contributed by atoms with van der Waals surface area (Å²) in [7, 11) is 0. The van der Waals surface area contributed by atoms with Crippen molar-refractivity contribution in [1.29, 1.82) is 0 Å². The summed E-state index contributed by atoms with van der Waals surface area (Å²) in [6.45, 7) is 3.82. The minimum atomic E-state index is -0.245. The monoisotopic (exact) mass is 342 g/mol. The van der Waals surface area contributed by atoms with Gasteiger partial charge in [-0.25, -0.2) is 4.79 Å². The molecule has 0 fully saturated rings. The molecule has 0 saturated heterocycles. The number of benzene rings is 2. The predicted octanol–water partition coefficient (Wildman–Crippen LogP) is 5.21. The number of hydrogen-bond donors (Lipinski definition) is 2. The standard InChI is InChI=1S/C19H19ClN2O2/c1-12(14-7-9-16(20)10-8-14)21-19(23)22-13(2)18-11-15-5-3-4-6-17(15)24-18/h3-13H,1-2H3,(H2,21,22,23)/t12-,13+/m0/s1. The van der Waals surface area contributed by atoms with Crippen LogP contribution < -0.4 is 10.6 Å². The fourth-order valence-corrected chi connectivity index (χ4v) is 2.68. The van der Waals surface area contributed by atoms with Crippen LogP contribution in [-0.2, 0) is 0 Å². The molecule has 0 unspecified atom stereocenters. The third-order valence-electron chi connectivity index (χ3n) is 3.94. The van der Waals surface area contributed by atoms with Gasteiger partial charge in [0.2, 0.25) is 0 Å². The molecule has 1 heterocycles. The van der Waals surface area contributed by atoms with Gasteiger partial charge >= 0.3 is 6.03 Å². The first-order chi connectivity index (χ1) is 11.5. The van der Waals surface area contributed by atoms with Crippen LogP contribution in [0.3, 0.4) is 0 Å². The highest BCUT2D eigenvalue weighted by molar-refractivity contribution is 6.30. The van der Waals surface area contributed by atoms with Gasteiger partial charge in [0.15, 0.2) is 0 Å². The van der Waals surface area contributed by atoms with E-state index in [-0.39, 0.29) is 18.1 Å². The zero-order valence-electron chi connectivity index (χ0n) is 13.5. The fraction of sp³-hybridized carbons (Fsp3) is 0.211. The van der Waals surface area contributed by atoms with Gasteiger partial charge in [-0.3, -0.25) is 0 Å². The van der Waals surface area contributed by atoms with E-state index in [0.717, 1.165) is 22.3 Å². The fourth-order valence-electron chi connectivity index (χ4n) is 2.56. The lowest BCUT2D eigenvalue weighted by atomic mass is 10.1. The summed E-state index contributed by atoms with van der Waals surface area (Å²) in [5, 5.41) is 7.51. The maximum absolute atomic E-state index is 12.2. The summed E-state index contributed by atoms with van der Waals surface area (Å²) >= 11 is 5.88. The summed E-state index contributed by atoms with van der Waals surface area (Å²) in [4.78, 5) is 12.2. The third kappa shape index (κ3) is 3.71. The quantitative estimate of drug-likeness (QED) is 0.684. The topological polar surface area (TPSA) is 54.3 Å². The highest BCUT2D eigenvalue weighted by atomic mass is 35.5. The lowest BCUT2D eigenvalue weighted by molar-refractivity contribution is 0.233. The van der Waals surface area contributed by atoms with Gasteiger partial charge in [0.05, 0.1) is 12.1 Å². The maximum atomic E-state index is 12.2. The molecule has 0 radical (unpaired) electrons. The molecule has 3 rings (SSSR count). The molecule has 24 heavy (non-hydrogen) atoms. The number of para-hydroxylation sites is 1. The molecular formula is C19H19ClN2O2. The van der Waals surface area contributed by atoms with E-state index in [1.807, 2.05) is 68.4 Å². The van der Waals surface area contributed by atoms with Crippen molar-refractivity contribution in [2.75, 3.05) is 0 Å². The van der Waals surface area contributed by atoms with Crippen molar-refractivity contribution in [1.82, 2.24) is 10.6 Å². The molecule has 2 amide bonds. The average molecular weight is 343 g/mol. The van der Waals surface area contributed by atoms with Crippen molar-refractivity contribution in [3.63, 3.8) is 0 Å². The van der Waals surface area contributed by atoms with Gasteiger partial charge in [0, 0.05) is 10.4 Å². The number of carbonyl (C=O) groups is 1. The van der Waals surface area contributed by atoms with Crippen LogP contribution in [0.15, 0.2) is 59.0 Å². The zero-order chi connectivity index (χ0) is 17.1. The molecule has 1 aromatic heterocycles. The van der Waals surface area contributed by atoms with Crippen molar-refractivity contribution in [2.24, 2.45) is 0 Å². The molecule has 0 aliphatic heterocycles. The van der Waals surface area contributed by atoms with E-state index in [0.29, 0.717) is 5.02 Å². The number of amides is 2. The molecule has 2 aromatic carbocycles. The normalized spacial score (nSPS) is 13.5. The Morgan fingerprint density at radius 1 is 1.00 bits per heavy atom. The Morgan fingerprint density at radius 3 is 2.38 bits per heavy atom. The van der Waals surface area contributed by atoms with Gasteiger partial charge in [-0.05, 0) is 43.7 Å². The summed E-state index contributed by atoms with van der Waals surface area (Å²) in [5.74, 6) is 0.727. The van der Waals surface area contributed by atoms with Crippen LogP contribution in [0.5, 0.6) is 0 Å². The molecular weight excluding hydrogens is 324 g/mol. The van der Waals surface area contributed by atoms with Crippen molar-refractivity contribution in [2.45, 2.75) is 25.9 Å². The van der Waals surface area contributed by atoms with Crippen LogP contribution in [0.2, 0.25) is 5.02 Å². The first-order valence-electron chi connectivity index (χ1n) is 7.84. The van der Waals surface area contributed by atoms with Gasteiger partial charge in [-0.1, -0.05) is 41.9 Å². The van der Waals surface area contributed by atoms with Gasteiger partial charge in [0.1, 0.15) is 11.3 Å². The Bertz CT molecular complexity index is 809. The lowest BCUT2D eigenvalue weighted by Gasteiger charge is -2.17. The first-order valence-corrected chi connectivity index (χ1v) is 8.21. The predicted molar refractivity (Wildman–Crippen MR) is 96.2 cm³/mol. The number of nitrogens with one attached hydrogen (secondary N) is 2. The van der Waals surface area contributed by atoms with Gasteiger partial charge in [-0.15, -0.1) is 0 Å². The Morgan fingerprint density at radius 2 is 1.67 bits per heavy atom. The average Bonchev–Trinajstić information content (AvgIpc) is 2.99. The van der Waals surface area contributed by atoms with Crippen molar-refractivity contribution < 1.29 is 9.21 Å². The number of urea groups is 1. The number of carbonyl (C=O) groups excluding carboxylic acids is 1. The molecule has 0 aliphatic rings. The molecule has 5 heteroatoms. The van der Waals surface area contributed by atoms with E-state index in [1.54, 1.807) is 0 Å². The van der Waals surface area contributed by atoms with Crippen molar-refractivity contribution in [3.05, 3.63) is 70.9 Å². The molecule has 0 bridgehead atoms. The van der Waals surface area contributed by atoms with E-state index < -0.39 is 0 Å². The van der Waals surface area contributed by atoms with E-state index in [9.17, 15) is 4.79 Å². The number of rotatable bonds is 4. The zero-order valence-corrected chi connectivity index (χ0v) is 14.3. The van der Waals surface area contributed by atoms with Gasteiger partial charge in [0.25, 0.3) is 0 Å². The molecule has 0 saturated carbocycles. The minimum absolute atomic E-state index is 0.120. The Balaban J connectivity index is 1.62. The first kappa shape index (κ1) is 16.4. The summed E-state index contributed by atoms with van der Waals surface area (Å²) in [6.07, 6.45) is 0. The second-order valence-electron chi connectivity index (χ2n) is 5.80. The van der Waals surface area contributed by atoms with Crippen molar-refractivity contribution in [3.8, 4) is 0 Å². The summed E-state index contributed by atoms with van der Waals surface area (Å²) in [5.41, 5.74) is 1.81. The summed E-state index contributed by atoms with van der Waals surface area (Å²) < 4.78 is 5.78. The number of fused-ring (bicyclic) bond motifs is 1. The molecule has 2 N–H and O–H groups in total. The summed E-state index contributed by atoms with van der Waals surface area (Å²) in [6, 6.07) is 16.5.